The van der Waals surface area contributed by atoms with Gasteiger partial charge < -0.3 is 20.3 Å². The number of rotatable bonds is 4. The van der Waals surface area contributed by atoms with Crippen LogP contribution in [-0.4, -0.2) is 41.3 Å². The quantitative estimate of drug-likeness (QED) is 0.729. The van der Waals surface area contributed by atoms with Crippen LogP contribution in [0.4, 0.5) is 0 Å². The third kappa shape index (κ3) is 3.39. The Morgan fingerprint density at radius 1 is 1.55 bits per heavy atom. The summed E-state index contributed by atoms with van der Waals surface area (Å²) in [6.07, 6.45) is 1.11. The number of aliphatic hydroxyl groups is 1. The van der Waals surface area contributed by atoms with Crippen molar-refractivity contribution in [1.29, 1.82) is 0 Å². The summed E-state index contributed by atoms with van der Waals surface area (Å²) in [5, 5.41) is 15.8. The second kappa shape index (κ2) is 7.07. The maximum atomic E-state index is 12.3. The number of β-amino-alcohol motifs (C(OH)–C–C–N with tert-alkyl or cyclic N) is 1. The fourth-order valence-corrected chi connectivity index (χ4v) is 3.06. The van der Waals surface area contributed by atoms with Crippen molar-refractivity contribution in [3.05, 3.63) is 33.2 Å². The van der Waals surface area contributed by atoms with E-state index in [4.69, 9.17) is 0 Å². The zero-order valence-electron chi connectivity index (χ0n) is 13.5. The van der Waals surface area contributed by atoms with Crippen LogP contribution in [0.15, 0.2) is 10.9 Å². The van der Waals surface area contributed by atoms with Crippen molar-refractivity contribution in [3.63, 3.8) is 0 Å². The van der Waals surface area contributed by atoms with Gasteiger partial charge in [0.15, 0.2) is 0 Å². The second-order valence-electron chi connectivity index (χ2n) is 5.94. The van der Waals surface area contributed by atoms with Gasteiger partial charge in [-0.25, -0.2) is 0 Å². The first-order valence-electron chi connectivity index (χ1n) is 7.82. The van der Waals surface area contributed by atoms with Gasteiger partial charge in [0, 0.05) is 31.7 Å². The molecule has 22 heavy (non-hydrogen) atoms. The first-order valence-corrected chi connectivity index (χ1v) is 7.82. The lowest BCUT2D eigenvalue weighted by Gasteiger charge is -2.28. The van der Waals surface area contributed by atoms with Crippen LogP contribution in [0.1, 0.15) is 35.0 Å². The van der Waals surface area contributed by atoms with Crippen LogP contribution in [0.5, 0.6) is 0 Å². The van der Waals surface area contributed by atoms with Crippen molar-refractivity contribution in [1.82, 2.24) is 15.2 Å². The Morgan fingerprint density at radius 2 is 2.27 bits per heavy atom. The van der Waals surface area contributed by atoms with Crippen molar-refractivity contribution in [2.75, 3.05) is 19.6 Å². The largest absolute Gasteiger partial charge is 0.391 e. The van der Waals surface area contributed by atoms with Gasteiger partial charge >= 0.3 is 0 Å². The molecule has 122 valence electrons. The molecule has 2 atom stereocenters. The first kappa shape index (κ1) is 16.7. The topological polar surface area (TPSA) is 83.4 Å². The van der Waals surface area contributed by atoms with Gasteiger partial charge in [0.1, 0.15) is 5.56 Å². The molecule has 0 bridgehead atoms. The summed E-state index contributed by atoms with van der Waals surface area (Å²) in [6.45, 7) is 5.67. The summed E-state index contributed by atoms with van der Waals surface area (Å²) >= 11 is 0. The van der Waals surface area contributed by atoms with Crippen molar-refractivity contribution >= 4 is 5.91 Å². The second-order valence-corrected chi connectivity index (χ2v) is 5.94. The Balaban J connectivity index is 2.11. The molecular weight excluding hydrogens is 282 g/mol. The van der Waals surface area contributed by atoms with E-state index in [-0.39, 0.29) is 22.9 Å². The Kier molecular flexibility index (Phi) is 5.37. The Bertz CT molecular complexity index is 609. The maximum absolute atomic E-state index is 12.3. The SMILES string of the molecule is CCc1c(C)cc(C(=O)NC[C@@H]2CCNC[C@H]2O)c(=O)n1C. The number of piperidine rings is 1. The highest BCUT2D eigenvalue weighted by atomic mass is 16.3. The van der Waals surface area contributed by atoms with Gasteiger partial charge in [0.05, 0.1) is 6.10 Å². The lowest BCUT2D eigenvalue weighted by molar-refractivity contribution is 0.0752. The number of pyridine rings is 1. The van der Waals surface area contributed by atoms with E-state index in [2.05, 4.69) is 10.6 Å². The lowest BCUT2D eigenvalue weighted by Crippen LogP contribution is -2.46. The number of hydrogen-bond donors (Lipinski definition) is 3. The molecule has 0 unspecified atom stereocenters. The van der Waals surface area contributed by atoms with Crippen molar-refractivity contribution in [2.45, 2.75) is 32.8 Å². The van der Waals surface area contributed by atoms with E-state index >= 15 is 0 Å². The normalized spacial score (nSPS) is 21.6. The van der Waals surface area contributed by atoms with Gasteiger partial charge in [-0.1, -0.05) is 6.92 Å². The third-order valence-corrected chi connectivity index (χ3v) is 4.45. The average Bonchev–Trinajstić information content (AvgIpc) is 2.50. The van der Waals surface area contributed by atoms with Gasteiger partial charge in [-0.3, -0.25) is 9.59 Å². The third-order valence-electron chi connectivity index (χ3n) is 4.45. The molecule has 3 N–H and O–H groups in total. The Hall–Kier alpha value is -1.66. The molecule has 0 radical (unpaired) electrons. The van der Waals surface area contributed by atoms with Crippen molar-refractivity contribution < 1.29 is 9.90 Å². The number of amides is 1. The highest BCUT2D eigenvalue weighted by molar-refractivity contribution is 5.94. The van der Waals surface area contributed by atoms with E-state index in [9.17, 15) is 14.7 Å². The van der Waals surface area contributed by atoms with Crippen LogP contribution in [-0.2, 0) is 13.5 Å². The van der Waals surface area contributed by atoms with Gasteiger partial charge in [-0.05, 0) is 37.9 Å². The molecule has 2 rings (SSSR count). The molecule has 0 spiro atoms. The molecule has 1 saturated heterocycles. The zero-order chi connectivity index (χ0) is 16.3. The van der Waals surface area contributed by atoms with Crippen LogP contribution >= 0.6 is 0 Å². The van der Waals surface area contributed by atoms with Crippen molar-refractivity contribution in [3.8, 4) is 0 Å². The van der Waals surface area contributed by atoms with Crippen LogP contribution in [0.3, 0.4) is 0 Å². The molecule has 6 nitrogen and oxygen atoms in total. The number of aliphatic hydroxyl groups excluding tert-OH is 1. The fraction of sp³-hybridized carbons (Fsp3) is 0.625. The van der Waals surface area contributed by atoms with Gasteiger partial charge in [-0.2, -0.15) is 0 Å². The Labute approximate surface area is 130 Å². The molecule has 1 aromatic rings. The molecule has 0 aromatic carbocycles. The highest BCUT2D eigenvalue weighted by Crippen LogP contribution is 2.12. The van der Waals surface area contributed by atoms with Gasteiger partial charge in [0.2, 0.25) is 0 Å². The minimum Gasteiger partial charge on any atom is -0.391 e. The molecule has 0 saturated carbocycles. The van der Waals surface area contributed by atoms with E-state index in [1.807, 2.05) is 13.8 Å². The van der Waals surface area contributed by atoms with E-state index in [1.54, 1.807) is 17.7 Å². The number of nitrogens with one attached hydrogen (secondary N) is 2. The molecule has 1 aliphatic heterocycles. The summed E-state index contributed by atoms with van der Waals surface area (Å²) in [7, 11) is 1.70. The van der Waals surface area contributed by atoms with E-state index in [1.165, 1.54) is 0 Å². The number of aryl methyl sites for hydroxylation is 1. The number of carbonyl (C=O) groups excluding carboxylic acids is 1. The summed E-state index contributed by atoms with van der Waals surface area (Å²) in [4.78, 5) is 24.6. The molecule has 1 amide bonds. The van der Waals surface area contributed by atoms with Crippen molar-refractivity contribution in [2.24, 2.45) is 13.0 Å². The standard InChI is InChI=1S/C16H25N3O3/c1-4-13-10(2)7-12(16(22)19(13)3)15(21)18-8-11-5-6-17-9-14(11)20/h7,11,14,17,20H,4-6,8-9H2,1-3H3,(H,18,21)/t11-,14+/m0/s1. The minimum absolute atomic E-state index is 0.0325. The molecule has 1 fully saturated rings. The fourth-order valence-electron chi connectivity index (χ4n) is 3.06. The van der Waals surface area contributed by atoms with E-state index in [0.717, 1.165) is 30.6 Å². The number of carbonyl (C=O) groups is 1. The molecule has 0 aliphatic carbocycles. The van der Waals surface area contributed by atoms with Crippen LogP contribution in [0.25, 0.3) is 0 Å². The maximum Gasteiger partial charge on any atom is 0.263 e. The minimum atomic E-state index is -0.457. The van der Waals surface area contributed by atoms with Crippen LogP contribution in [0.2, 0.25) is 0 Å². The van der Waals surface area contributed by atoms with Crippen LogP contribution < -0.4 is 16.2 Å². The molecule has 6 heteroatoms. The van der Waals surface area contributed by atoms with Gasteiger partial charge in [0.25, 0.3) is 11.5 Å². The summed E-state index contributed by atoms with van der Waals surface area (Å²) in [6, 6.07) is 1.66. The first-order chi connectivity index (χ1) is 10.5. The predicted octanol–water partition coefficient (Wildman–Crippen LogP) is -0.0437. The summed E-state index contributed by atoms with van der Waals surface area (Å²) in [5.74, 6) is -0.331. The van der Waals surface area contributed by atoms with Gasteiger partial charge in [-0.15, -0.1) is 0 Å². The lowest BCUT2D eigenvalue weighted by atomic mass is 9.95. The zero-order valence-corrected chi connectivity index (χ0v) is 13.5. The number of aromatic nitrogens is 1. The molecule has 1 aromatic heterocycles. The smallest absolute Gasteiger partial charge is 0.263 e. The van der Waals surface area contributed by atoms with E-state index in [0.29, 0.717) is 13.1 Å². The highest BCUT2D eigenvalue weighted by Gasteiger charge is 2.24. The molecular formula is C16H25N3O3. The average molecular weight is 307 g/mol. The number of nitrogens with zero attached hydrogens (tertiary/aromatic N) is 1. The predicted molar refractivity (Wildman–Crippen MR) is 85.1 cm³/mol. The van der Waals surface area contributed by atoms with E-state index < -0.39 is 6.10 Å². The molecule has 1 aliphatic rings. The molecule has 2 heterocycles. The summed E-state index contributed by atoms with van der Waals surface area (Å²) < 4.78 is 1.55. The number of hydrogen-bond acceptors (Lipinski definition) is 4. The van der Waals surface area contributed by atoms with Crippen LogP contribution in [0, 0.1) is 12.8 Å². The summed E-state index contributed by atoms with van der Waals surface area (Å²) in [5.41, 5.74) is 1.78. The Morgan fingerprint density at radius 3 is 2.91 bits per heavy atom. The monoisotopic (exact) mass is 307 g/mol.